The van der Waals surface area contributed by atoms with Gasteiger partial charge in [-0.25, -0.2) is 0 Å². The lowest BCUT2D eigenvalue weighted by Gasteiger charge is -2.25. The van der Waals surface area contributed by atoms with Crippen LogP contribution >= 0.6 is 0 Å². The minimum atomic E-state index is -1.18. The fourth-order valence-corrected chi connectivity index (χ4v) is 3.05. The summed E-state index contributed by atoms with van der Waals surface area (Å²) in [5.74, 6) is 0.470. The average molecular weight is 397 g/mol. The molecule has 2 aromatic carbocycles. The van der Waals surface area contributed by atoms with Crippen LogP contribution < -0.4 is 15.4 Å². The van der Waals surface area contributed by atoms with Crippen molar-refractivity contribution < 1.29 is 14.3 Å². The maximum atomic E-state index is 12.9. The van der Waals surface area contributed by atoms with Gasteiger partial charge in [-0.15, -0.1) is 0 Å². The Bertz CT molecular complexity index is 855. The first-order valence-corrected chi connectivity index (χ1v) is 9.99. The fraction of sp³-hybridized carbons (Fsp3) is 0.417. The summed E-state index contributed by atoms with van der Waals surface area (Å²) in [5.41, 5.74) is 2.76. The van der Waals surface area contributed by atoms with Crippen LogP contribution in [0.15, 0.2) is 42.5 Å². The van der Waals surface area contributed by atoms with Crippen molar-refractivity contribution in [3.63, 3.8) is 0 Å². The van der Waals surface area contributed by atoms with Crippen LogP contribution in [0.25, 0.3) is 0 Å². The molecule has 0 aromatic heterocycles. The molecule has 0 heterocycles. The third-order valence-electron chi connectivity index (χ3n) is 5.16. The minimum absolute atomic E-state index is 0.270. The minimum Gasteiger partial charge on any atom is -0.497 e. The lowest BCUT2D eigenvalue weighted by Crippen LogP contribution is -2.45. The van der Waals surface area contributed by atoms with Gasteiger partial charge in [0, 0.05) is 12.2 Å². The predicted molar refractivity (Wildman–Crippen MR) is 117 cm³/mol. The molecule has 2 rings (SSSR count). The SMILES string of the molecule is COc1ccc(CCNC(=O)C(C)(C)C(=O)Nc2c(C)cccc2C(C)C)cc1. The van der Waals surface area contributed by atoms with E-state index >= 15 is 0 Å². The number of methoxy groups -OCH3 is 1. The van der Waals surface area contributed by atoms with Crippen molar-refractivity contribution in [1.29, 1.82) is 0 Å². The largest absolute Gasteiger partial charge is 0.497 e. The van der Waals surface area contributed by atoms with Gasteiger partial charge in [0.1, 0.15) is 11.2 Å². The summed E-state index contributed by atoms with van der Waals surface area (Å²) >= 11 is 0. The number of ether oxygens (including phenoxy) is 1. The molecule has 0 saturated heterocycles. The topological polar surface area (TPSA) is 67.4 Å². The number of amides is 2. The number of nitrogens with one attached hydrogen (secondary N) is 2. The second-order valence-electron chi connectivity index (χ2n) is 8.13. The highest BCUT2D eigenvalue weighted by Gasteiger charge is 2.36. The van der Waals surface area contributed by atoms with Gasteiger partial charge in [-0.1, -0.05) is 44.2 Å². The standard InChI is InChI=1S/C24H32N2O3/c1-16(2)20-9-7-8-17(3)21(20)26-23(28)24(4,5)22(27)25-15-14-18-10-12-19(29-6)13-11-18/h7-13,16H,14-15H2,1-6H3,(H,25,27)(H,26,28). The Morgan fingerprint density at radius 1 is 1.03 bits per heavy atom. The molecule has 0 bridgehead atoms. The molecule has 2 aromatic rings. The van der Waals surface area contributed by atoms with Gasteiger partial charge in [0.2, 0.25) is 11.8 Å². The molecule has 0 aliphatic heterocycles. The van der Waals surface area contributed by atoms with E-state index in [9.17, 15) is 9.59 Å². The highest BCUT2D eigenvalue weighted by Crippen LogP contribution is 2.29. The maximum absolute atomic E-state index is 12.9. The summed E-state index contributed by atoms with van der Waals surface area (Å²) in [4.78, 5) is 25.6. The van der Waals surface area contributed by atoms with Crippen molar-refractivity contribution in [2.75, 3.05) is 19.0 Å². The first-order valence-electron chi connectivity index (χ1n) is 9.99. The first-order chi connectivity index (χ1) is 13.7. The quantitative estimate of drug-likeness (QED) is 0.648. The van der Waals surface area contributed by atoms with E-state index in [1.807, 2.05) is 49.4 Å². The monoisotopic (exact) mass is 396 g/mol. The van der Waals surface area contributed by atoms with Gasteiger partial charge in [-0.2, -0.15) is 0 Å². The van der Waals surface area contributed by atoms with Crippen LogP contribution in [0.2, 0.25) is 0 Å². The number of aryl methyl sites for hydroxylation is 1. The number of hydrogen-bond acceptors (Lipinski definition) is 3. The molecular weight excluding hydrogens is 364 g/mol. The zero-order chi connectivity index (χ0) is 21.6. The Morgan fingerprint density at radius 2 is 1.69 bits per heavy atom. The zero-order valence-corrected chi connectivity index (χ0v) is 18.3. The van der Waals surface area contributed by atoms with Gasteiger partial charge in [-0.05, 0) is 61.9 Å². The van der Waals surface area contributed by atoms with Crippen LogP contribution in [-0.2, 0) is 16.0 Å². The van der Waals surface area contributed by atoms with Crippen molar-refractivity contribution in [3.8, 4) is 5.75 Å². The maximum Gasteiger partial charge on any atom is 0.239 e. The Labute approximate surface area is 173 Å². The van der Waals surface area contributed by atoms with Gasteiger partial charge < -0.3 is 15.4 Å². The number of hydrogen-bond donors (Lipinski definition) is 2. The first kappa shape index (κ1) is 22.5. The summed E-state index contributed by atoms with van der Waals surface area (Å²) in [7, 11) is 1.63. The van der Waals surface area contributed by atoms with Crippen molar-refractivity contribution in [2.45, 2.75) is 47.0 Å². The highest BCUT2D eigenvalue weighted by atomic mass is 16.5. The molecule has 2 amide bonds. The third kappa shape index (κ3) is 5.59. The molecule has 156 valence electrons. The lowest BCUT2D eigenvalue weighted by molar-refractivity contribution is -0.138. The smallest absolute Gasteiger partial charge is 0.239 e. The molecule has 0 spiro atoms. The van der Waals surface area contributed by atoms with Crippen LogP contribution in [0.1, 0.15) is 50.3 Å². The van der Waals surface area contributed by atoms with Crippen molar-refractivity contribution in [3.05, 3.63) is 59.2 Å². The van der Waals surface area contributed by atoms with Gasteiger partial charge in [0.05, 0.1) is 7.11 Å². The number of anilines is 1. The summed E-state index contributed by atoms with van der Waals surface area (Å²) in [6, 6.07) is 13.7. The van der Waals surface area contributed by atoms with Crippen LogP contribution in [-0.4, -0.2) is 25.5 Å². The zero-order valence-electron chi connectivity index (χ0n) is 18.3. The number of rotatable bonds is 8. The van der Waals surface area contributed by atoms with E-state index in [2.05, 4.69) is 24.5 Å². The Morgan fingerprint density at radius 3 is 2.28 bits per heavy atom. The van der Waals surface area contributed by atoms with Crippen LogP contribution in [0.3, 0.4) is 0 Å². The molecule has 0 radical (unpaired) electrons. The molecule has 5 heteroatoms. The van der Waals surface area contributed by atoms with Crippen molar-refractivity contribution in [1.82, 2.24) is 5.32 Å². The van der Waals surface area contributed by atoms with Gasteiger partial charge in [-0.3, -0.25) is 9.59 Å². The van der Waals surface area contributed by atoms with Crippen LogP contribution in [0.5, 0.6) is 5.75 Å². The highest BCUT2D eigenvalue weighted by molar-refractivity contribution is 6.10. The predicted octanol–water partition coefficient (Wildman–Crippen LogP) is 4.45. The molecule has 0 unspecified atom stereocenters. The number of benzene rings is 2. The number of carbonyl (C=O) groups is 2. The summed E-state index contributed by atoms with van der Waals surface area (Å²) < 4.78 is 5.15. The third-order valence-corrected chi connectivity index (χ3v) is 5.16. The van der Waals surface area contributed by atoms with Crippen molar-refractivity contribution in [2.24, 2.45) is 5.41 Å². The lowest BCUT2D eigenvalue weighted by atomic mass is 9.90. The van der Waals surface area contributed by atoms with E-state index in [1.54, 1.807) is 21.0 Å². The summed E-state index contributed by atoms with van der Waals surface area (Å²) in [6.07, 6.45) is 0.683. The Kier molecular flexibility index (Phi) is 7.43. The Hall–Kier alpha value is -2.82. The molecule has 29 heavy (non-hydrogen) atoms. The van der Waals surface area contributed by atoms with Gasteiger partial charge >= 0.3 is 0 Å². The molecule has 5 nitrogen and oxygen atoms in total. The molecule has 2 N–H and O–H groups in total. The summed E-state index contributed by atoms with van der Waals surface area (Å²) in [5, 5.41) is 5.88. The second-order valence-corrected chi connectivity index (χ2v) is 8.13. The number of carbonyl (C=O) groups excluding carboxylic acids is 2. The molecule has 0 saturated carbocycles. The van der Waals surface area contributed by atoms with E-state index in [0.717, 1.165) is 28.1 Å². The molecule has 0 aliphatic rings. The number of para-hydroxylation sites is 1. The molecular formula is C24H32N2O3. The molecule has 0 fully saturated rings. The van der Waals surface area contributed by atoms with E-state index in [1.165, 1.54) is 0 Å². The Balaban J connectivity index is 2.00. The molecule has 0 atom stereocenters. The van der Waals surface area contributed by atoms with Gasteiger partial charge in [0.25, 0.3) is 0 Å². The van der Waals surface area contributed by atoms with Crippen molar-refractivity contribution >= 4 is 17.5 Å². The van der Waals surface area contributed by atoms with E-state index in [0.29, 0.717) is 13.0 Å². The molecule has 0 aliphatic carbocycles. The second kappa shape index (κ2) is 9.59. The fourth-order valence-electron chi connectivity index (χ4n) is 3.05. The van der Waals surface area contributed by atoms with Gasteiger partial charge in [0.15, 0.2) is 0 Å². The van der Waals surface area contributed by atoms with E-state index in [4.69, 9.17) is 4.74 Å². The van der Waals surface area contributed by atoms with E-state index < -0.39 is 5.41 Å². The summed E-state index contributed by atoms with van der Waals surface area (Å²) in [6.45, 7) is 9.90. The van der Waals surface area contributed by atoms with Crippen LogP contribution in [0.4, 0.5) is 5.69 Å². The normalized spacial score (nSPS) is 11.3. The van der Waals surface area contributed by atoms with E-state index in [-0.39, 0.29) is 17.7 Å². The average Bonchev–Trinajstić information content (AvgIpc) is 2.69. The van der Waals surface area contributed by atoms with Crippen LogP contribution in [0, 0.1) is 12.3 Å².